The SMILES string of the molecule is Fc1ccc(Nc2ccccc2)cc1Cl. The second kappa shape index (κ2) is 4.32. The minimum atomic E-state index is -0.407. The van der Waals surface area contributed by atoms with Gasteiger partial charge in [-0.1, -0.05) is 29.8 Å². The molecule has 2 rings (SSSR count). The van der Waals surface area contributed by atoms with Gasteiger partial charge in [0.05, 0.1) is 5.02 Å². The quantitative estimate of drug-likeness (QED) is 0.801. The van der Waals surface area contributed by atoms with E-state index in [9.17, 15) is 4.39 Å². The maximum absolute atomic E-state index is 12.9. The van der Waals surface area contributed by atoms with E-state index >= 15 is 0 Å². The van der Waals surface area contributed by atoms with E-state index in [1.54, 1.807) is 12.1 Å². The van der Waals surface area contributed by atoms with Crippen molar-refractivity contribution in [2.24, 2.45) is 0 Å². The summed E-state index contributed by atoms with van der Waals surface area (Å²) in [5.41, 5.74) is 1.72. The predicted octanol–water partition coefficient (Wildman–Crippen LogP) is 4.22. The van der Waals surface area contributed by atoms with Crippen molar-refractivity contribution in [1.29, 1.82) is 0 Å². The van der Waals surface area contributed by atoms with Gasteiger partial charge in [0.25, 0.3) is 0 Å². The Hall–Kier alpha value is -1.54. The third-order valence-electron chi connectivity index (χ3n) is 1.98. The zero-order valence-electron chi connectivity index (χ0n) is 7.87. The van der Waals surface area contributed by atoms with Crippen molar-refractivity contribution in [3.8, 4) is 0 Å². The maximum Gasteiger partial charge on any atom is 0.141 e. The molecule has 3 heteroatoms. The molecule has 1 nitrogen and oxygen atoms in total. The first-order chi connectivity index (χ1) is 7.25. The lowest BCUT2D eigenvalue weighted by molar-refractivity contribution is 0.628. The largest absolute Gasteiger partial charge is 0.355 e. The molecule has 0 amide bonds. The molecule has 1 N–H and O–H groups in total. The first-order valence-electron chi connectivity index (χ1n) is 4.53. The fourth-order valence-electron chi connectivity index (χ4n) is 1.26. The summed E-state index contributed by atoms with van der Waals surface area (Å²) in [6, 6.07) is 14.2. The fourth-order valence-corrected chi connectivity index (χ4v) is 1.44. The molecule has 0 unspecified atom stereocenters. The third-order valence-corrected chi connectivity index (χ3v) is 2.27. The van der Waals surface area contributed by atoms with Crippen molar-refractivity contribution >= 4 is 23.0 Å². The highest BCUT2D eigenvalue weighted by molar-refractivity contribution is 6.31. The molecule has 0 aliphatic heterocycles. The van der Waals surface area contributed by atoms with Crippen molar-refractivity contribution < 1.29 is 4.39 Å². The van der Waals surface area contributed by atoms with Crippen molar-refractivity contribution in [3.63, 3.8) is 0 Å². The van der Waals surface area contributed by atoms with Crippen molar-refractivity contribution in [2.75, 3.05) is 5.32 Å². The van der Waals surface area contributed by atoms with E-state index in [1.165, 1.54) is 6.07 Å². The second-order valence-electron chi connectivity index (χ2n) is 3.12. The molecule has 0 radical (unpaired) electrons. The molecule has 0 spiro atoms. The number of para-hydroxylation sites is 1. The van der Waals surface area contributed by atoms with Gasteiger partial charge in [0.2, 0.25) is 0 Å². The predicted molar refractivity (Wildman–Crippen MR) is 61.1 cm³/mol. The topological polar surface area (TPSA) is 12.0 Å². The average Bonchev–Trinajstić information content (AvgIpc) is 2.25. The van der Waals surface area contributed by atoms with Gasteiger partial charge in [-0.15, -0.1) is 0 Å². The Morgan fingerprint density at radius 2 is 1.67 bits per heavy atom. The van der Waals surface area contributed by atoms with Crippen molar-refractivity contribution in [3.05, 3.63) is 59.4 Å². The van der Waals surface area contributed by atoms with Crippen molar-refractivity contribution in [1.82, 2.24) is 0 Å². The summed E-state index contributed by atoms with van der Waals surface area (Å²) in [7, 11) is 0. The normalized spacial score (nSPS) is 10.0. The number of rotatable bonds is 2. The number of halogens is 2. The second-order valence-corrected chi connectivity index (χ2v) is 3.53. The Kier molecular flexibility index (Phi) is 2.88. The first kappa shape index (κ1) is 9.99. The summed E-state index contributed by atoms with van der Waals surface area (Å²) in [5.74, 6) is -0.407. The molecule has 0 heterocycles. The minimum absolute atomic E-state index is 0.121. The molecular formula is C12H9ClFN. The lowest BCUT2D eigenvalue weighted by atomic mass is 10.2. The molecule has 0 saturated carbocycles. The number of nitrogens with one attached hydrogen (secondary N) is 1. The molecule has 0 saturated heterocycles. The van der Waals surface area contributed by atoms with E-state index in [4.69, 9.17) is 11.6 Å². The van der Waals surface area contributed by atoms with Crippen LogP contribution in [0.5, 0.6) is 0 Å². The lowest BCUT2D eigenvalue weighted by Crippen LogP contribution is -1.90. The van der Waals surface area contributed by atoms with Gasteiger partial charge in [-0.05, 0) is 30.3 Å². The van der Waals surface area contributed by atoms with E-state index in [-0.39, 0.29) is 5.02 Å². The Morgan fingerprint density at radius 1 is 0.933 bits per heavy atom. The highest BCUT2D eigenvalue weighted by atomic mass is 35.5. The zero-order chi connectivity index (χ0) is 10.7. The fraction of sp³-hybridized carbons (Fsp3) is 0. The van der Waals surface area contributed by atoms with Crippen LogP contribution in [0.15, 0.2) is 48.5 Å². The summed E-state index contributed by atoms with van der Waals surface area (Å²) >= 11 is 5.67. The zero-order valence-corrected chi connectivity index (χ0v) is 8.63. The summed E-state index contributed by atoms with van der Waals surface area (Å²) in [6.07, 6.45) is 0. The molecule has 76 valence electrons. The van der Waals surface area contributed by atoms with E-state index in [2.05, 4.69) is 5.32 Å². The molecule has 0 aromatic heterocycles. The number of anilines is 2. The van der Waals surface area contributed by atoms with Crippen molar-refractivity contribution in [2.45, 2.75) is 0 Å². The lowest BCUT2D eigenvalue weighted by Gasteiger charge is -2.06. The molecule has 0 bridgehead atoms. The maximum atomic E-state index is 12.9. The molecule has 2 aromatic rings. The number of hydrogen-bond acceptors (Lipinski definition) is 1. The molecule has 15 heavy (non-hydrogen) atoms. The summed E-state index contributed by atoms with van der Waals surface area (Å²) in [4.78, 5) is 0. The van der Waals surface area contributed by atoms with Gasteiger partial charge in [-0.3, -0.25) is 0 Å². The molecule has 0 aliphatic rings. The minimum Gasteiger partial charge on any atom is -0.355 e. The van der Waals surface area contributed by atoms with Gasteiger partial charge in [0.15, 0.2) is 0 Å². The summed E-state index contributed by atoms with van der Waals surface area (Å²) < 4.78 is 12.9. The van der Waals surface area contributed by atoms with Gasteiger partial charge in [-0.25, -0.2) is 4.39 Å². The average molecular weight is 222 g/mol. The van der Waals surface area contributed by atoms with Gasteiger partial charge < -0.3 is 5.32 Å². The van der Waals surface area contributed by atoms with E-state index < -0.39 is 5.82 Å². The highest BCUT2D eigenvalue weighted by Crippen LogP contribution is 2.22. The standard InChI is InChI=1S/C12H9ClFN/c13-11-8-10(6-7-12(11)14)15-9-4-2-1-3-5-9/h1-8,15H. The van der Waals surface area contributed by atoms with Crippen LogP contribution in [0.25, 0.3) is 0 Å². The summed E-state index contributed by atoms with van der Waals surface area (Å²) in [6.45, 7) is 0. The van der Waals surface area contributed by atoms with Crippen LogP contribution in [0.2, 0.25) is 5.02 Å². The van der Waals surface area contributed by atoms with Gasteiger partial charge in [0, 0.05) is 11.4 Å². The smallest absolute Gasteiger partial charge is 0.141 e. The van der Waals surface area contributed by atoms with Gasteiger partial charge >= 0.3 is 0 Å². The Balaban J connectivity index is 2.22. The Labute approximate surface area is 92.5 Å². The highest BCUT2D eigenvalue weighted by Gasteiger charge is 2.00. The van der Waals surface area contributed by atoms with Crippen LogP contribution in [0.1, 0.15) is 0 Å². The van der Waals surface area contributed by atoms with Crippen LogP contribution in [0.3, 0.4) is 0 Å². The Bertz CT molecular complexity index is 456. The molecule has 0 atom stereocenters. The van der Waals surface area contributed by atoms with Crippen LogP contribution < -0.4 is 5.32 Å². The van der Waals surface area contributed by atoms with Crippen LogP contribution in [0.4, 0.5) is 15.8 Å². The van der Waals surface area contributed by atoms with E-state index in [0.29, 0.717) is 0 Å². The van der Waals surface area contributed by atoms with Crippen LogP contribution >= 0.6 is 11.6 Å². The van der Waals surface area contributed by atoms with Gasteiger partial charge in [-0.2, -0.15) is 0 Å². The van der Waals surface area contributed by atoms with E-state index in [1.807, 2.05) is 30.3 Å². The number of hydrogen-bond donors (Lipinski definition) is 1. The van der Waals surface area contributed by atoms with Crippen LogP contribution in [0, 0.1) is 5.82 Å². The van der Waals surface area contributed by atoms with Gasteiger partial charge in [0.1, 0.15) is 5.82 Å². The summed E-state index contributed by atoms with van der Waals surface area (Å²) in [5, 5.41) is 3.24. The molecule has 0 fully saturated rings. The van der Waals surface area contributed by atoms with Crippen LogP contribution in [-0.4, -0.2) is 0 Å². The molecule has 0 aliphatic carbocycles. The first-order valence-corrected chi connectivity index (χ1v) is 4.90. The Morgan fingerprint density at radius 3 is 2.33 bits per heavy atom. The van der Waals surface area contributed by atoms with Crippen LogP contribution in [-0.2, 0) is 0 Å². The number of benzene rings is 2. The molecular weight excluding hydrogens is 213 g/mol. The molecule has 2 aromatic carbocycles. The van der Waals surface area contributed by atoms with E-state index in [0.717, 1.165) is 11.4 Å². The third kappa shape index (κ3) is 2.48. The monoisotopic (exact) mass is 221 g/mol.